The van der Waals surface area contributed by atoms with Gasteiger partial charge in [-0.1, -0.05) is 75.7 Å². The maximum Gasteiger partial charge on any atom is 0.407 e. The summed E-state index contributed by atoms with van der Waals surface area (Å²) in [5, 5.41) is 14.4. The van der Waals surface area contributed by atoms with Gasteiger partial charge in [0.05, 0.1) is 0 Å². The van der Waals surface area contributed by atoms with Crippen molar-refractivity contribution in [2.75, 3.05) is 6.61 Å². The molecule has 0 spiro atoms. The Hall–Kier alpha value is -3.35. The van der Waals surface area contributed by atoms with E-state index in [0.29, 0.717) is 12.8 Å². The molecule has 1 unspecified atom stereocenters. The Morgan fingerprint density at radius 1 is 0.969 bits per heavy atom. The molecule has 32 heavy (non-hydrogen) atoms. The Morgan fingerprint density at radius 2 is 1.53 bits per heavy atom. The van der Waals surface area contributed by atoms with Crippen molar-refractivity contribution in [3.63, 3.8) is 0 Å². The number of nitrogens with one attached hydrogen (secondary N) is 2. The van der Waals surface area contributed by atoms with Gasteiger partial charge in [0.1, 0.15) is 18.7 Å². The number of hydrogen-bond donors (Lipinski definition) is 3. The fraction of sp³-hybridized carbons (Fsp3) is 0.400. The number of carboxylic acid groups (broad SMARTS) is 1. The summed E-state index contributed by atoms with van der Waals surface area (Å²) < 4.78 is 5.52. The van der Waals surface area contributed by atoms with Crippen LogP contribution in [-0.4, -0.2) is 41.8 Å². The number of hydrogen-bond acceptors (Lipinski definition) is 4. The molecule has 2 amide bonds. The molecule has 7 heteroatoms. The number of benzene rings is 2. The third kappa shape index (κ3) is 5.10. The van der Waals surface area contributed by atoms with Crippen molar-refractivity contribution in [1.82, 2.24) is 10.6 Å². The van der Waals surface area contributed by atoms with Gasteiger partial charge in [0.2, 0.25) is 5.91 Å². The first-order chi connectivity index (χ1) is 15.3. The van der Waals surface area contributed by atoms with Crippen LogP contribution in [0.5, 0.6) is 0 Å². The van der Waals surface area contributed by atoms with E-state index in [1.165, 1.54) is 0 Å². The smallest absolute Gasteiger partial charge is 0.407 e. The van der Waals surface area contributed by atoms with Crippen LogP contribution in [0.2, 0.25) is 0 Å². The number of fused-ring (bicyclic) bond motifs is 3. The van der Waals surface area contributed by atoms with Crippen LogP contribution in [0.25, 0.3) is 11.1 Å². The van der Waals surface area contributed by atoms with Gasteiger partial charge in [-0.3, -0.25) is 4.79 Å². The molecule has 2 atom stereocenters. The lowest BCUT2D eigenvalue weighted by atomic mass is 9.98. The average Bonchev–Trinajstić information content (AvgIpc) is 3.09. The fourth-order valence-electron chi connectivity index (χ4n) is 4.11. The van der Waals surface area contributed by atoms with Crippen LogP contribution in [0.15, 0.2) is 48.5 Å². The molecular weight excluding hydrogens is 408 g/mol. The van der Waals surface area contributed by atoms with Crippen LogP contribution in [0.3, 0.4) is 0 Å². The summed E-state index contributed by atoms with van der Waals surface area (Å²) >= 11 is 0. The normalized spacial score (nSPS) is 14.2. The number of alkyl carbamates (subject to hydrolysis) is 1. The molecule has 0 bridgehead atoms. The number of carboxylic acids is 1. The molecule has 0 heterocycles. The molecule has 0 aliphatic heterocycles. The number of ether oxygens (including phenoxy) is 1. The minimum atomic E-state index is -1.09. The zero-order valence-corrected chi connectivity index (χ0v) is 18.6. The molecule has 1 aliphatic rings. The van der Waals surface area contributed by atoms with Crippen molar-refractivity contribution in [2.45, 2.75) is 51.6 Å². The van der Waals surface area contributed by atoms with Crippen molar-refractivity contribution in [3.05, 3.63) is 59.7 Å². The van der Waals surface area contributed by atoms with Crippen LogP contribution in [0.1, 0.15) is 50.7 Å². The molecule has 7 nitrogen and oxygen atoms in total. The van der Waals surface area contributed by atoms with Gasteiger partial charge in [-0.2, -0.15) is 0 Å². The topological polar surface area (TPSA) is 105 Å². The van der Waals surface area contributed by atoms with E-state index in [1.807, 2.05) is 43.3 Å². The van der Waals surface area contributed by atoms with Gasteiger partial charge >= 0.3 is 12.1 Å². The highest BCUT2D eigenvalue weighted by Crippen LogP contribution is 2.44. The van der Waals surface area contributed by atoms with Crippen LogP contribution < -0.4 is 10.6 Å². The van der Waals surface area contributed by atoms with Crippen molar-refractivity contribution in [2.24, 2.45) is 5.92 Å². The predicted molar refractivity (Wildman–Crippen MR) is 121 cm³/mol. The molecule has 3 rings (SSSR count). The van der Waals surface area contributed by atoms with E-state index >= 15 is 0 Å². The molecule has 3 N–H and O–H groups in total. The summed E-state index contributed by atoms with van der Waals surface area (Å²) in [5.74, 6) is -1.95. The zero-order chi connectivity index (χ0) is 23.3. The lowest BCUT2D eigenvalue weighted by Gasteiger charge is -2.24. The third-order valence-corrected chi connectivity index (χ3v) is 5.76. The van der Waals surface area contributed by atoms with Gasteiger partial charge in [-0.15, -0.1) is 0 Å². The highest BCUT2D eigenvalue weighted by molar-refractivity contribution is 5.89. The van der Waals surface area contributed by atoms with Gasteiger partial charge in [-0.25, -0.2) is 9.59 Å². The maximum atomic E-state index is 12.7. The number of carbonyl (C=O) groups excluding carboxylic acids is 2. The Morgan fingerprint density at radius 3 is 2.03 bits per heavy atom. The molecule has 170 valence electrons. The molecule has 2 aromatic carbocycles. The molecule has 0 fully saturated rings. The van der Waals surface area contributed by atoms with Crippen molar-refractivity contribution in [1.29, 1.82) is 0 Å². The first-order valence-corrected chi connectivity index (χ1v) is 11.0. The minimum Gasteiger partial charge on any atom is -0.480 e. The van der Waals surface area contributed by atoms with E-state index in [4.69, 9.17) is 4.74 Å². The molecule has 0 saturated heterocycles. The van der Waals surface area contributed by atoms with E-state index in [0.717, 1.165) is 22.3 Å². The second kappa shape index (κ2) is 10.3. The second-order valence-corrected chi connectivity index (χ2v) is 8.38. The molecule has 0 radical (unpaired) electrons. The predicted octanol–water partition coefficient (Wildman–Crippen LogP) is 3.92. The van der Waals surface area contributed by atoms with Crippen molar-refractivity contribution >= 4 is 18.0 Å². The van der Waals surface area contributed by atoms with Crippen molar-refractivity contribution < 1.29 is 24.2 Å². The molecule has 0 saturated carbocycles. The number of aliphatic carboxylic acids is 1. The van der Waals surface area contributed by atoms with Gasteiger partial charge in [0.25, 0.3) is 0 Å². The number of rotatable bonds is 9. The van der Waals surface area contributed by atoms with E-state index < -0.39 is 30.1 Å². The highest BCUT2D eigenvalue weighted by Gasteiger charge is 2.31. The van der Waals surface area contributed by atoms with E-state index in [2.05, 4.69) is 22.8 Å². The van der Waals surface area contributed by atoms with Crippen molar-refractivity contribution in [3.8, 4) is 11.1 Å². The van der Waals surface area contributed by atoms with Crippen LogP contribution in [0.4, 0.5) is 4.79 Å². The number of amides is 2. The summed E-state index contributed by atoms with van der Waals surface area (Å²) in [6.07, 6.45) is 0.225. The molecule has 1 aliphatic carbocycles. The van der Waals surface area contributed by atoms with Gasteiger partial charge in [0, 0.05) is 5.92 Å². The monoisotopic (exact) mass is 438 g/mol. The van der Waals surface area contributed by atoms with E-state index in [-0.39, 0.29) is 18.4 Å². The SMILES string of the molecule is CCC[C@@H](NC(=O)C(NC(=O)OCC1c2ccccc2-c2ccccc21)C(C)C)C(=O)O. The maximum absolute atomic E-state index is 12.7. The quantitative estimate of drug-likeness (QED) is 0.550. The Labute approximate surface area is 188 Å². The van der Waals surface area contributed by atoms with Crippen LogP contribution in [0, 0.1) is 5.92 Å². The standard InChI is InChI=1S/C25H30N2O5/c1-4-9-21(24(29)30)26-23(28)22(15(2)3)27-25(31)32-14-20-18-12-7-5-10-16(18)17-11-6-8-13-19(17)20/h5-8,10-13,15,20-22H,4,9,14H2,1-3H3,(H,26,28)(H,27,31)(H,29,30)/t21-,22?/m1/s1. The summed E-state index contributed by atoms with van der Waals surface area (Å²) in [5.41, 5.74) is 4.46. The summed E-state index contributed by atoms with van der Waals surface area (Å²) in [6, 6.07) is 14.2. The Kier molecular flexibility index (Phi) is 7.51. The largest absolute Gasteiger partial charge is 0.480 e. The fourth-order valence-corrected chi connectivity index (χ4v) is 4.11. The molecule has 2 aromatic rings. The molecule has 0 aromatic heterocycles. The Balaban J connectivity index is 1.65. The summed E-state index contributed by atoms with van der Waals surface area (Å²) in [4.78, 5) is 36.6. The third-order valence-electron chi connectivity index (χ3n) is 5.76. The Bertz CT molecular complexity index is 942. The number of carbonyl (C=O) groups is 3. The van der Waals surface area contributed by atoms with Crippen LogP contribution >= 0.6 is 0 Å². The van der Waals surface area contributed by atoms with Gasteiger partial charge < -0.3 is 20.5 Å². The highest BCUT2D eigenvalue weighted by atomic mass is 16.5. The molecular formula is C25H30N2O5. The lowest BCUT2D eigenvalue weighted by Crippen LogP contribution is -2.53. The average molecular weight is 439 g/mol. The van der Waals surface area contributed by atoms with Crippen LogP contribution in [-0.2, 0) is 14.3 Å². The van der Waals surface area contributed by atoms with E-state index in [1.54, 1.807) is 13.8 Å². The van der Waals surface area contributed by atoms with Gasteiger partial charge in [-0.05, 0) is 34.6 Å². The van der Waals surface area contributed by atoms with E-state index in [9.17, 15) is 19.5 Å². The first kappa shape index (κ1) is 23.3. The first-order valence-electron chi connectivity index (χ1n) is 11.0. The lowest BCUT2D eigenvalue weighted by molar-refractivity contribution is -0.142. The summed E-state index contributed by atoms with van der Waals surface area (Å²) in [6.45, 7) is 5.55. The minimum absolute atomic E-state index is 0.0829. The van der Waals surface area contributed by atoms with Gasteiger partial charge in [0.15, 0.2) is 0 Å². The zero-order valence-electron chi connectivity index (χ0n) is 18.6. The second-order valence-electron chi connectivity index (χ2n) is 8.38. The summed E-state index contributed by atoms with van der Waals surface area (Å²) in [7, 11) is 0.